The number of nitrogens with one attached hydrogen (secondary N) is 1. The van der Waals surface area contributed by atoms with Crippen LogP contribution in [-0.4, -0.2) is 39.9 Å². The number of aromatic nitrogens is 2. The van der Waals surface area contributed by atoms with Gasteiger partial charge in [-0.3, -0.25) is 9.58 Å². The fraction of sp³-hybridized carbons (Fsp3) is 0.800. The normalized spacial score (nSPS) is 21.6. The van der Waals surface area contributed by atoms with Gasteiger partial charge in [-0.1, -0.05) is 0 Å². The van der Waals surface area contributed by atoms with Gasteiger partial charge in [-0.25, -0.2) is 0 Å². The van der Waals surface area contributed by atoms with E-state index in [0.717, 1.165) is 26.2 Å². The highest BCUT2D eigenvalue weighted by atomic mass is 15.3. The quantitative estimate of drug-likeness (QED) is 0.909. The zero-order valence-electron chi connectivity index (χ0n) is 13.2. The maximum absolute atomic E-state index is 4.67. The fourth-order valence-electron chi connectivity index (χ4n) is 3.49. The van der Waals surface area contributed by atoms with E-state index in [9.17, 15) is 0 Å². The van der Waals surface area contributed by atoms with E-state index in [-0.39, 0.29) is 5.54 Å². The lowest BCUT2D eigenvalue weighted by Gasteiger charge is -2.46. The van der Waals surface area contributed by atoms with Gasteiger partial charge < -0.3 is 5.32 Å². The van der Waals surface area contributed by atoms with Gasteiger partial charge in [0.2, 0.25) is 0 Å². The molecule has 108 valence electrons. The molecule has 19 heavy (non-hydrogen) atoms. The zero-order chi connectivity index (χ0) is 14.2. The lowest BCUT2D eigenvalue weighted by atomic mass is 9.94. The topological polar surface area (TPSA) is 33.1 Å². The van der Waals surface area contributed by atoms with Crippen molar-refractivity contribution in [3.63, 3.8) is 0 Å². The molecular weight excluding hydrogens is 236 g/mol. The molecule has 0 amide bonds. The van der Waals surface area contributed by atoms with E-state index < -0.39 is 0 Å². The summed E-state index contributed by atoms with van der Waals surface area (Å²) in [4.78, 5) is 2.61. The van der Waals surface area contributed by atoms with Crippen LogP contribution in [0, 0.1) is 13.8 Å². The molecule has 4 nitrogen and oxygen atoms in total. The summed E-state index contributed by atoms with van der Waals surface area (Å²) in [6.45, 7) is 17.6. The average molecular weight is 264 g/mol. The van der Waals surface area contributed by atoms with Crippen LogP contribution in [0.3, 0.4) is 0 Å². The molecule has 0 aromatic carbocycles. The molecule has 1 atom stereocenters. The maximum Gasteiger partial charge on any atom is 0.0644 e. The first-order chi connectivity index (χ1) is 8.88. The third-order valence-corrected chi connectivity index (χ3v) is 4.49. The number of hydrogen-bond donors (Lipinski definition) is 1. The van der Waals surface area contributed by atoms with Crippen LogP contribution >= 0.6 is 0 Å². The smallest absolute Gasteiger partial charge is 0.0644 e. The van der Waals surface area contributed by atoms with Crippen LogP contribution < -0.4 is 5.32 Å². The van der Waals surface area contributed by atoms with Gasteiger partial charge in [0.15, 0.2) is 0 Å². The molecule has 2 rings (SSSR count). The van der Waals surface area contributed by atoms with Crippen molar-refractivity contribution in [2.75, 3.05) is 19.6 Å². The number of rotatable bonds is 3. The SMILES string of the molecule is CCn1nc(C)c(C(C)N2CCNCC2(C)C)c1C. The van der Waals surface area contributed by atoms with Crippen molar-refractivity contribution in [2.45, 2.75) is 59.7 Å². The third-order valence-electron chi connectivity index (χ3n) is 4.49. The van der Waals surface area contributed by atoms with Gasteiger partial charge in [-0.2, -0.15) is 5.10 Å². The molecule has 1 aliphatic heterocycles. The molecule has 1 saturated heterocycles. The summed E-state index contributed by atoms with van der Waals surface area (Å²) >= 11 is 0. The number of aryl methyl sites for hydroxylation is 2. The lowest BCUT2D eigenvalue weighted by Crippen LogP contribution is -2.58. The summed E-state index contributed by atoms with van der Waals surface area (Å²) in [5.74, 6) is 0. The van der Waals surface area contributed by atoms with E-state index >= 15 is 0 Å². The number of hydrogen-bond acceptors (Lipinski definition) is 3. The Morgan fingerprint density at radius 3 is 2.58 bits per heavy atom. The van der Waals surface area contributed by atoms with Gasteiger partial charge in [0.25, 0.3) is 0 Å². The molecule has 0 spiro atoms. The minimum absolute atomic E-state index is 0.199. The molecule has 0 saturated carbocycles. The van der Waals surface area contributed by atoms with Gasteiger partial charge >= 0.3 is 0 Å². The van der Waals surface area contributed by atoms with Crippen molar-refractivity contribution in [1.82, 2.24) is 20.0 Å². The fourth-order valence-corrected chi connectivity index (χ4v) is 3.49. The van der Waals surface area contributed by atoms with Crippen LogP contribution in [0.4, 0.5) is 0 Å². The van der Waals surface area contributed by atoms with Crippen molar-refractivity contribution >= 4 is 0 Å². The zero-order valence-corrected chi connectivity index (χ0v) is 13.2. The van der Waals surface area contributed by atoms with Gasteiger partial charge in [0, 0.05) is 49.0 Å². The third kappa shape index (κ3) is 2.56. The monoisotopic (exact) mass is 264 g/mol. The number of piperazine rings is 1. The highest BCUT2D eigenvalue weighted by Crippen LogP contribution is 2.32. The van der Waals surface area contributed by atoms with Crippen LogP contribution in [-0.2, 0) is 6.54 Å². The van der Waals surface area contributed by atoms with E-state index in [4.69, 9.17) is 0 Å². The second-order valence-corrected chi connectivity index (χ2v) is 6.26. The molecule has 2 heterocycles. The molecule has 0 radical (unpaired) electrons. The summed E-state index contributed by atoms with van der Waals surface area (Å²) in [5, 5.41) is 8.16. The molecule has 1 aromatic heterocycles. The molecule has 1 aliphatic rings. The summed E-state index contributed by atoms with van der Waals surface area (Å²) in [7, 11) is 0. The molecule has 0 aliphatic carbocycles. The molecule has 0 bridgehead atoms. The van der Waals surface area contributed by atoms with E-state index in [1.165, 1.54) is 17.0 Å². The van der Waals surface area contributed by atoms with E-state index in [1.54, 1.807) is 0 Å². The Morgan fingerprint density at radius 2 is 2.05 bits per heavy atom. The standard InChI is InChI=1S/C15H28N4/c1-7-19-13(4)14(11(2)17-19)12(3)18-9-8-16-10-15(18,5)6/h12,16H,7-10H2,1-6H3. The summed E-state index contributed by atoms with van der Waals surface area (Å²) in [6, 6.07) is 0.428. The van der Waals surface area contributed by atoms with Gasteiger partial charge in [-0.15, -0.1) is 0 Å². The van der Waals surface area contributed by atoms with Crippen LogP contribution in [0.2, 0.25) is 0 Å². The Morgan fingerprint density at radius 1 is 1.37 bits per heavy atom. The second-order valence-electron chi connectivity index (χ2n) is 6.26. The summed E-state index contributed by atoms with van der Waals surface area (Å²) in [6.07, 6.45) is 0. The van der Waals surface area contributed by atoms with Gasteiger partial charge in [-0.05, 0) is 41.5 Å². The minimum Gasteiger partial charge on any atom is -0.314 e. The van der Waals surface area contributed by atoms with Crippen molar-refractivity contribution in [1.29, 1.82) is 0 Å². The minimum atomic E-state index is 0.199. The first kappa shape index (κ1) is 14.5. The molecule has 4 heteroatoms. The molecule has 1 N–H and O–H groups in total. The van der Waals surface area contributed by atoms with E-state index in [2.05, 4.69) is 61.5 Å². The van der Waals surface area contributed by atoms with Crippen LogP contribution in [0.25, 0.3) is 0 Å². The van der Waals surface area contributed by atoms with E-state index in [0.29, 0.717) is 6.04 Å². The van der Waals surface area contributed by atoms with Gasteiger partial charge in [0.1, 0.15) is 0 Å². The lowest BCUT2D eigenvalue weighted by molar-refractivity contribution is 0.0511. The first-order valence-corrected chi connectivity index (χ1v) is 7.40. The van der Waals surface area contributed by atoms with Crippen molar-refractivity contribution in [3.8, 4) is 0 Å². The van der Waals surface area contributed by atoms with Gasteiger partial charge in [0.05, 0.1) is 5.69 Å². The Bertz CT molecular complexity index is 447. The average Bonchev–Trinajstić information content (AvgIpc) is 2.63. The van der Waals surface area contributed by atoms with Crippen LogP contribution in [0.15, 0.2) is 0 Å². The van der Waals surface area contributed by atoms with Crippen molar-refractivity contribution in [3.05, 3.63) is 17.0 Å². The summed E-state index contributed by atoms with van der Waals surface area (Å²) < 4.78 is 2.12. The highest BCUT2D eigenvalue weighted by Gasteiger charge is 2.35. The Kier molecular flexibility index (Phi) is 4.02. The number of nitrogens with zero attached hydrogens (tertiary/aromatic N) is 3. The highest BCUT2D eigenvalue weighted by molar-refractivity contribution is 5.28. The summed E-state index contributed by atoms with van der Waals surface area (Å²) in [5.41, 5.74) is 4.12. The molecule has 1 fully saturated rings. The van der Waals surface area contributed by atoms with Crippen molar-refractivity contribution in [2.24, 2.45) is 0 Å². The Hall–Kier alpha value is -0.870. The van der Waals surface area contributed by atoms with Crippen LogP contribution in [0.1, 0.15) is 50.7 Å². The van der Waals surface area contributed by atoms with Crippen molar-refractivity contribution < 1.29 is 0 Å². The van der Waals surface area contributed by atoms with Crippen LogP contribution in [0.5, 0.6) is 0 Å². The Balaban J connectivity index is 2.33. The predicted molar refractivity (Wildman–Crippen MR) is 79.4 cm³/mol. The Labute approximate surface area is 117 Å². The molecular formula is C15H28N4. The second kappa shape index (κ2) is 5.25. The molecule has 1 aromatic rings. The largest absolute Gasteiger partial charge is 0.314 e. The first-order valence-electron chi connectivity index (χ1n) is 7.40. The van der Waals surface area contributed by atoms with E-state index in [1.807, 2.05) is 0 Å². The predicted octanol–water partition coefficient (Wildman–Crippen LogP) is 2.26. The molecule has 1 unspecified atom stereocenters. The maximum atomic E-state index is 4.67.